The van der Waals surface area contributed by atoms with Crippen LogP contribution in [0.25, 0.3) is 0 Å². The number of hydrogen-bond acceptors (Lipinski definition) is 2. The van der Waals surface area contributed by atoms with Gasteiger partial charge in [-0.1, -0.05) is 0 Å². The average Bonchev–Trinajstić information content (AvgIpc) is 2.41. The van der Waals surface area contributed by atoms with Crippen LogP contribution in [0, 0.1) is 0 Å². The van der Waals surface area contributed by atoms with Crippen molar-refractivity contribution in [2.45, 2.75) is 6.54 Å². The molecule has 0 aromatic carbocycles. The van der Waals surface area contributed by atoms with Gasteiger partial charge in [0.15, 0.2) is 0 Å². The monoisotopic (exact) mass is 138 g/mol. The molecule has 0 atom stereocenters. The van der Waals surface area contributed by atoms with Crippen molar-refractivity contribution in [3.05, 3.63) is 18.5 Å². The van der Waals surface area contributed by atoms with Crippen molar-refractivity contribution in [3.8, 4) is 0 Å². The summed E-state index contributed by atoms with van der Waals surface area (Å²) in [5, 5.41) is 6.36. The molecule has 1 aromatic rings. The molecule has 0 unspecified atom stereocenters. The molecule has 4 heteroatoms. The van der Waals surface area contributed by atoms with Gasteiger partial charge >= 0.3 is 6.41 Å². The van der Waals surface area contributed by atoms with E-state index in [1.807, 2.05) is 12.3 Å². The van der Waals surface area contributed by atoms with Crippen molar-refractivity contribution in [2.75, 3.05) is 6.54 Å². The average molecular weight is 138 g/mol. The van der Waals surface area contributed by atoms with Crippen LogP contribution < -0.4 is 5.32 Å². The summed E-state index contributed by atoms with van der Waals surface area (Å²) in [6.07, 6.45) is 5.13. The fraction of sp³-hybridized carbons (Fsp3) is 0.333. The smallest absolute Gasteiger partial charge is 0.309 e. The van der Waals surface area contributed by atoms with Crippen LogP contribution in [0.15, 0.2) is 18.5 Å². The Morgan fingerprint density at radius 2 is 2.60 bits per heavy atom. The zero-order valence-corrected chi connectivity index (χ0v) is 5.45. The predicted molar refractivity (Wildman–Crippen MR) is 35.9 cm³/mol. The molecule has 0 aliphatic carbocycles. The molecule has 1 N–H and O–H groups in total. The Kier molecular flexibility index (Phi) is 2.49. The lowest BCUT2D eigenvalue weighted by Gasteiger charge is -1.97. The lowest BCUT2D eigenvalue weighted by atomic mass is 10.6. The Hall–Kier alpha value is -1.32. The van der Waals surface area contributed by atoms with Gasteiger partial charge in [-0.25, -0.2) is 0 Å². The topological polar surface area (TPSA) is 46.9 Å². The SMILES string of the molecule is O=[C]NCCn1cccn1. The second-order valence-corrected chi connectivity index (χ2v) is 1.80. The third kappa shape index (κ3) is 1.89. The van der Waals surface area contributed by atoms with Gasteiger partial charge in [0, 0.05) is 18.9 Å². The maximum absolute atomic E-state index is 9.67. The maximum atomic E-state index is 9.67. The van der Waals surface area contributed by atoms with Crippen LogP contribution in [0.2, 0.25) is 0 Å². The summed E-state index contributed by atoms with van der Waals surface area (Å²) in [4.78, 5) is 9.67. The van der Waals surface area contributed by atoms with Crippen LogP contribution >= 0.6 is 0 Å². The summed E-state index contributed by atoms with van der Waals surface area (Å²) in [6, 6.07) is 1.84. The Morgan fingerprint density at radius 3 is 3.20 bits per heavy atom. The van der Waals surface area contributed by atoms with Gasteiger partial charge in [0.05, 0.1) is 6.54 Å². The molecule has 0 spiro atoms. The minimum Gasteiger partial charge on any atom is -0.346 e. The van der Waals surface area contributed by atoms with Gasteiger partial charge in [-0.2, -0.15) is 5.10 Å². The highest BCUT2D eigenvalue weighted by molar-refractivity contribution is 5.46. The molecule has 0 saturated heterocycles. The molecule has 0 aliphatic rings. The van der Waals surface area contributed by atoms with E-state index in [1.54, 1.807) is 17.3 Å². The maximum Gasteiger partial charge on any atom is 0.309 e. The van der Waals surface area contributed by atoms with Crippen LogP contribution in [0.3, 0.4) is 0 Å². The Labute approximate surface area is 58.8 Å². The number of carbonyl (C=O) groups excluding carboxylic acids is 1. The van der Waals surface area contributed by atoms with Gasteiger partial charge in [0.1, 0.15) is 0 Å². The molecule has 10 heavy (non-hydrogen) atoms. The van der Waals surface area contributed by atoms with Crippen LogP contribution in [-0.2, 0) is 11.3 Å². The highest BCUT2D eigenvalue weighted by atomic mass is 16.1. The van der Waals surface area contributed by atoms with Crippen molar-refractivity contribution in [1.82, 2.24) is 15.1 Å². The summed E-state index contributed by atoms with van der Waals surface area (Å²) in [6.45, 7) is 1.27. The molecule has 0 aliphatic heterocycles. The molecular formula is C6H8N3O. The number of hydrogen-bond donors (Lipinski definition) is 1. The molecule has 0 bridgehead atoms. The molecule has 4 nitrogen and oxygen atoms in total. The summed E-state index contributed by atoms with van der Waals surface area (Å²) in [5.41, 5.74) is 0. The normalized spacial score (nSPS) is 9.20. The molecule has 1 amide bonds. The van der Waals surface area contributed by atoms with E-state index < -0.39 is 0 Å². The van der Waals surface area contributed by atoms with E-state index in [0.717, 1.165) is 0 Å². The standard InChI is InChI=1S/C6H8N3O/c10-6-7-3-5-9-4-1-2-8-9/h1-2,4H,3,5H2,(H,7,10). The predicted octanol–water partition coefficient (Wildman–Crippen LogP) is -0.460. The van der Waals surface area contributed by atoms with Gasteiger partial charge in [0.2, 0.25) is 0 Å². The largest absolute Gasteiger partial charge is 0.346 e. The van der Waals surface area contributed by atoms with Gasteiger partial charge in [-0.15, -0.1) is 0 Å². The van der Waals surface area contributed by atoms with Gasteiger partial charge in [-0.05, 0) is 6.07 Å². The van der Waals surface area contributed by atoms with Crippen LogP contribution in [-0.4, -0.2) is 22.7 Å². The highest BCUT2D eigenvalue weighted by Crippen LogP contribution is 1.81. The minimum atomic E-state index is 0.575. The first-order chi connectivity index (χ1) is 4.93. The van der Waals surface area contributed by atoms with Gasteiger partial charge in [0.25, 0.3) is 0 Å². The third-order valence-electron chi connectivity index (χ3n) is 1.10. The fourth-order valence-electron chi connectivity index (χ4n) is 0.654. The van der Waals surface area contributed by atoms with E-state index in [9.17, 15) is 4.79 Å². The molecule has 53 valence electrons. The summed E-state index contributed by atoms with van der Waals surface area (Å²) < 4.78 is 1.74. The zero-order valence-electron chi connectivity index (χ0n) is 5.45. The van der Waals surface area contributed by atoms with Crippen LogP contribution in [0.1, 0.15) is 0 Å². The first kappa shape index (κ1) is 6.80. The van der Waals surface area contributed by atoms with Gasteiger partial charge in [-0.3, -0.25) is 9.48 Å². The number of amides is 1. The number of nitrogens with zero attached hydrogens (tertiary/aromatic N) is 2. The summed E-state index contributed by atoms with van der Waals surface area (Å²) in [5.74, 6) is 0. The second kappa shape index (κ2) is 3.66. The van der Waals surface area contributed by atoms with Crippen LogP contribution in [0.5, 0.6) is 0 Å². The van der Waals surface area contributed by atoms with Crippen molar-refractivity contribution in [1.29, 1.82) is 0 Å². The number of aromatic nitrogens is 2. The first-order valence-electron chi connectivity index (χ1n) is 3.01. The van der Waals surface area contributed by atoms with E-state index >= 15 is 0 Å². The Morgan fingerprint density at radius 1 is 1.70 bits per heavy atom. The van der Waals surface area contributed by atoms with Crippen LogP contribution in [0.4, 0.5) is 0 Å². The molecule has 0 fully saturated rings. The molecular weight excluding hydrogens is 130 g/mol. The first-order valence-corrected chi connectivity index (χ1v) is 3.01. The second-order valence-electron chi connectivity index (χ2n) is 1.80. The molecule has 1 aromatic heterocycles. The summed E-state index contributed by atoms with van der Waals surface area (Å²) in [7, 11) is 0. The molecule has 0 saturated carbocycles. The summed E-state index contributed by atoms with van der Waals surface area (Å²) >= 11 is 0. The van der Waals surface area contributed by atoms with Crippen molar-refractivity contribution in [2.24, 2.45) is 0 Å². The van der Waals surface area contributed by atoms with E-state index in [0.29, 0.717) is 13.1 Å². The Bertz CT molecular complexity index is 183. The third-order valence-corrected chi connectivity index (χ3v) is 1.10. The van der Waals surface area contributed by atoms with E-state index in [1.165, 1.54) is 0 Å². The Balaban J connectivity index is 2.21. The number of rotatable bonds is 4. The minimum absolute atomic E-state index is 0.575. The van der Waals surface area contributed by atoms with E-state index in [4.69, 9.17) is 0 Å². The lowest BCUT2D eigenvalue weighted by molar-refractivity contribution is 0.530. The molecule has 1 rings (SSSR count). The van der Waals surface area contributed by atoms with Crippen molar-refractivity contribution < 1.29 is 4.79 Å². The van der Waals surface area contributed by atoms with E-state index in [-0.39, 0.29) is 0 Å². The quantitative estimate of drug-likeness (QED) is 0.452. The highest BCUT2D eigenvalue weighted by Gasteiger charge is 1.86. The van der Waals surface area contributed by atoms with Crippen molar-refractivity contribution in [3.63, 3.8) is 0 Å². The lowest BCUT2D eigenvalue weighted by Crippen LogP contribution is -2.17. The zero-order chi connectivity index (χ0) is 7.23. The van der Waals surface area contributed by atoms with Crippen molar-refractivity contribution >= 4 is 6.41 Å². The van der Waals surface area contributed by atoms with E-state index in [2.05, 4.69) is 10.4 Å². The molecule has 1 heterocycles. The molecule has 1 radical (unpaired) electrons. The number of nitrogens with one attached hydrogen (secondary N) is 1. The fourth-order valence-corrected chi connectivity index (χ4v) is 0.654. The van der Waals surface area contributed by atoms with Gasteiger partial charge < -0.3 is 5.32 Å².